The van der Waals surface area contributed by atoms with Crippen LogP contribution >= 0.6 is 11.3 Å². The molecule has 0 spiro atoms. The molecular formula is C47H31NOS. The van der Waals surface area contributed by atoms with E-state index in [9.17, 15) is 0 Å². The zero-order valence-electron chi connectivity index (χ0n) is 27.5. The molecule has 11 rings (SSSR count). The number of rotatable bonds is 2. The van der Waals surface area contributed by atoms with Crippen LogP contribution in [0.1, 0.15) is 41.0 Å². The molecule has 0 bridgehead atoms. The highest BCUT2D eigenvalue weighted by molar-refractivity contribution is 7.25. The fourth-order valence-electron chi connectivity index (χ4n) is 8.79. The van der Waals surface area contributed by atoms with Gasteiger partial charge in [0.25, 0.3) is 0 Å². The summed E-state index contributed by atoms with van der Waals surface area (Å²) in [7, 11) is 0. The van der Waals surface area contributed by atoms with Crippen molar-refractivity contribution in [2.45, 2.75) is 25.2 Å². The number of thiophene rings is 1. The normalized spacial score (nSPS) is 17.1. The van der Waals surface area contributed by atoms with E-state index >= 15 is 0 Å². The summed E-state index contributed by atoms with van der Waals surface area (Å²) in [6.45, 7) is 2.33. The molecule has 0 fully saturated rings. The standard InChI is InChI=1S/C47H31NOS/c1-27-23-39(47(48-40-17-7-4-12-30(27)40)35-16-10-19-42-46(35)34-15-5-8-18-41(34)49-42)38-24-29-25-44-37(32-14-6-9-20-43(32)50-44)26-36(29)33-22-21-28-11-2-3-13-31(28)45(33)38/h2-23,25-27,38H,24H2,1H3/t27?,38-/m0/s1. The minimum Gasteiger partial charge on any atom is -0.456 e. The van der Waals surface area contributed by atoms with E-state index in [0.717, 1.165) is 45.3 Å². The van der Waals surface area contributed by atoms with Crippen molar-refractivity contribution in [3.05, 3.63) is 173 Å². The van der Waals surface area contributed by atoms with Crippen LogP contribution in [0.5, 0.6) is 0 Å². The summed E-state index contributed by atoms with van der Waals surface area (Å²) in [5.74, 6) is 0.284. The molecule has 50 heavy (non-hydrogen) atoms. The maximum Gasteiger partial charge on any atom is 0.136 e. The van der Waals surface area contributed by atoms with E-state index in [-0.39, 0.29) is 11.8 Å². The van der Waals surface area contributed by atoms with E-state index in [2.05, 4.69) is 146 Å². The van der Waals surface area contributed by atoms with Gasteiger partial charge in [-0.2, -0.15) is 0 Å². The second kappa shape index (κ2) is 10.6. The van der Waals surface area contributed by atoms with E-state index in [1.54, 1.807) is 0 Å². The highest BCUT2D eigenvalue weighted by atomic mass is 32.1. The number of furan rings is 1. The lowest BCUT2D eigenvalue weighted by Gasteiger charge is -2.32. The molecule has 0 saturated heterocycles. The van der Waals surface area contributed by atoms with Crippen LogP contribution < -0.4 is 0 Å². The fraction of sp³-hybridized carbons (Fsp3) is 0.0851. The molecular weight excluding hydrogens is 627 g/mol. The number of benzene rings is 7. The Morgan fingerprint density at radius 1 is 0.620 bits per heavy atom. The number of fused-ring (bicyclic) bond motifs is 12. The van der Waals surface area contributed by atoms with Crippen LogP contribution in [0.15, 0.2) is 161 Å². The zero-order chi connectivity index (χ0) is 32.9. The Morgan fingerprint density at radius 3 is 2.34 bits per heavy atom. The lowest BCUT2D eigenvalue weighted by atomic mass is 9.71. The monoisotopic (exact) mass is 657 g/mol. The summed E-state index contributed by atoms with van der Waals surface area (Å²) in [5, 5.41) is 7.53. The number of nitrogens with zero attached hydrogens (tertiary/aromatic N) is 1. The van der Waals surface area contributed by atoms with Crippen molar-refractivity contribution in [1.82, 2.24) is 0 Å². The van der Waals surface area contributed by atoms with E-state index in [1.807, 2.05) is 17.4 Å². The predicted octanol–water partition coefficient (Wildman–Crippen LogP) is 13.3. The fourth-order valence-corrected chi connectivity index (χ4v) is 9.94. The van der Waals surface area contributed by atoms with Crippen LogP contribution in [0, 0.1) is 0 Å². The largest absolute Gasteiger partial charge is 0.456 e. The van der Waals surface area contributed by atoms with Crippen LogP contribution in [0.2, 0.25) is 0 Å². The minimum atomic E-state index is 0.0966. The third kappa shape index (κ3) is 4.04. The molecule has 1 aliphatic heterocycles. The van der Waals surface area contributed by atoms with Gasteiger partial charge in [-0.15, -0.1) is 11.3 Å². The molecule has 0 amide bonds. The molecule has 3 heterocycles. The number of allylic oxidation sites excluding steroid dienone is 2. The van der Waals surface area contributed by atoms with Gasteiger partial charge in [-0.3, -0.25) is 0 Å². The topological polar surface area (TPSA) is 25.5 Å². The first kappa shape index (κ1) is 28.1. The van der Waals surface area contributed by atoms with Crippen LogP contribution in [-0.4, -0.2) is 5.71 Å². The summed E-state index contributed by atoms with van der Waals surface area (Å²) in [4.78, 5) is 5.65. The summed E-state index contributed by atoms with van der Waals surface area (Å²) in [5.41, 5.74) is 13.0. The van der Waals surface area contributed by atoms with Gasteiger partial charge in [-0.1, -0.05) is 116 Å². The van der Waals surface area contributed by atoms with Gasteiger partial charge in [0.2, 0.25) is 0 Å². The van der Waals surface area contributed by atoms with Gasteiger partial charge >= 0.3 is 0 Å². The Balaban J connectivity index is 1.22. The SMILES string of the molecule is CC1C=C([C@@H]2Cc3cc4sc5ccccc5c4cc3-c3ccc4ccccc4c32)C(c2cccc3oc4ccccc4c23)=Nc2ccccc21. The maximum atomic E-state index is 6.44. The number of aliphatic imine (C=N–C) groups is 1. The minimum absolute atomic E-state index is 0.0966. The third-order valence-corrected chi connectivity index (χ3v) is 12.2. The quantitative estimate of drug-likeness (QED) is 0.182. The van der Waals surface area contributed by atoms with Crippen LogP contribution in [0.3, 0.4) is 0 Å². The van der Waals surface area contributed by atoms with Crippen molar-refractivity contribution in [2.24, 2.45) is 4.99 Å². The molecule has 2 nitrogen and oxygen atoms in total. The molecule has 0 saturated carbocycles. The highest BCUT2D eigenvalue weighted by Crippen LogP contribution is 2.51. The van der Waals surface area contributed by atoms with Crippen molar-refractivity contribution < 1.29 is 4.42 Å². The lowest BCUT2D eigenvalue weighted by Crippen LogP contribution is -2.20. The van der Waals surface area contributed by atoms with Crippen molar-refractivity contribution in [3.63, 3.8) is 0 Å². The Morgan fingerprint density at radius 2 is 1.40 bits per heavy atom. The molecule has 2 aliphatic rings. The Kier molecular flexibility index (Phi) is 5.97. The van der Waals surface area contributed by atoms with Crippen LogP contribution in [0.4, 0.5) is 5.69 Å². The van der Waals surface area contributed by atoms with Crippen LogP contribution in [0.25, 0.3) is 64.0 Å². The van der Waals surface area contributed by atoms with Gasteiger partial charge in [0.1, 0.15) is 11.2 Å². The van der Waals surface area contributed by atoms with Crippen molar-refractivity contribution in [3.8, 4) is 11.1 Å². The van der Waals surface area contributed by atoms with E-state index in [1.165, 1.54) is 64.3 Å². The molecule has 9 aromatic rings. The molecule has 0 radical (unpaired) electrons. The van der Waals surface area contributed by atoms with E-state index < -0.39 is 0 Å². The second-order valence-electron chi connectivity index (χ2n) is 13.8. The molecule has 1 unspecified atom stereocenters. The predicted molar refractivity (Wildman–Crippen MR) is 212 cm³/mol. The molecule has 0 N–H and O–H groups in total. The number of hydrogen-bond donors (Lipinski definition) is 0. The van der Waals surface area contributed by atoms with E-state index in [4.69, 9.17) is 9.41 Å². The lowest BCUT2D eigenvalue weighted by molar-refractivity contribution is 0.669. The maximum absolute atomic E-state index is 6.44. The Labute approximate surface area is 293 Å². The first-order valence-electron chi connectivity index (χ1n) is 17.5. The summed E-state index contributed by atoms with van der Waals surface area (Å²) in [6.07, 6.45) is 3.42. The zero-order valence-corrected chi connectivity index (χ0v) is 28.3. The highest BCUT2D eigenvalue weighted by Gasteiger charge is 2.34. The third-order valence-electron chi connectivity index (χ3n) is 11.0. The summed E-state index contributed by atoms with van der Waals surface area (Å²) < 4.78 is 9.13. The molecule has 2 aromatic heterocycles. The Hall–Kier alpha value is -5.77. The second-order valence-corrected chi connectivity index (χ2v) is 14.9. The van der Waals surface area contributed by atoms with Gasteiger partial charge in [-0.05, 0) is 87.0 Å². The molecule has 1 aliphatic carbocycles. The van der Waals surface area contributed by atoms with Gasteiger partial charge < -0.3 is 4.42 Å². The molecule has 236 valence electrons. The average Bonchev–Trinajstić information content (AvgIpc) is 3.68. The van der Waals surface area contributed by atoms with Gasteiger partial charge in [0.15, 0.2) is 0 Å². The molecule has 2 atom stereocenters. The van der Waals surface area contributed by atoms with E-state index in [0.29, 0.717) is 0 Å². The van der Waals surface area contributed by atoms with Crippen molar-refractivity contribution in [2.75, 3.05) is 0 Å². The van der Waals surface area contributed by atoms with Crippen molar-refractivity contribution in [1.29, 1.82) is 0 Å². The molecule has 3 heteroatoms. The van der Waals surface area contributed by atoms with Crippen molar-refractivity contribution >= 4 is 75.6 Å². The number of para-hydroxylation sites is 2. The smallest absolute Gasteiger partial charge is 0.136 e. The van der Waals surface area contributed by atoms with Gasteiger partial charge in [-0.25, -0.2) is 4.99 Å². The first-order chi connectivity index (χ1) is 24.7. The van der Waals surface area contributed by atoms with Gasteiger partial charge in [0.05, 0.1) is 11.4 Å². The van der Waals surface area contributed by atoms with Crippen LogP contribution in [-0.2, 0) is 6.42 Å². The first-order valence-corrected chi connectivity index (χ1v) is 18.3. The Bertz CT molecular complexity index is 2940. The number of hydrogen-bond acceptors (Lipinski definition) is 3. The molecule has 7 aromatic carbocycles. The average molecular weight is 658 g/mol. The summed E-state index contributed by atoms with van der Waals surface area (Å²) >= 11 is 1.90. The summed E-state index contributed by atoms with van der Waals surface area (Å²) in [6, 6.07) is 50.9. The van der Waals surface area contributed by atoms with Gasteiger partial charge in [0, 0.05) is 48.3 Å².